The molecule has 17 heavy (non-hydrogen) atoms. The molecule has 0 heterocycles. The summed E-state index contributed by atoms with van der Waals surface area (Å²) >= 11 is 7.52. The van der Waals surface area contributed by atoms with Crippen molar-refractivity contribution in [2.45, 2.75) is 52.9 Å². The molecular formula is C11H26N2O2S2. The Balaban J connectivity index is -0.000000180. The van der Waals surface area contributed by atoms with Crippen LogP contribution < -0.4 is 11.5 Å². The molecule has 0 bridgehead atoms. The van der Waals surface area contributed by atoms with Crippen molar-refractivity contribution < 1.29 is 9.53 Å². The van der Waals surface area contributed by atoms with E-state index in [0.29, 0.717) is 6.61 Å². The second-order valence-corrected chi connectivity index (χ2v) is 4.06. The van der Waals surface area contributed by atoms with Crippen LogP contribution in [0.4, 0.5) is 4.79 Å². The number of amides is 1. The highest BCUT2D eigenvalue weighted by Gasteiger charge is 1.81. The lowest BCUT2D eigenvalue weighted by molar-refractivity contribution is 0.267. The summed E-state index contributed by atoms with van der Waals surface area (Å²) in [5.41, 5.74) is 9.32. The van der Waals surface area contributed by atoms with Gasteiger partial charge in [0, 0.05) is 0 Å². The smallest absolute Gasteiger partial charge is 0.273 e. The van der Waals surface area contributed by atoms with Gasteiger partial charge in [0.1, 0.15) is 0 Å². The molecule has 0 rings (SSSR count). The lowest BCUT2D eigenvalue weighted by Crippen LogP contribution is -2.12. The maximum atomic E-state index is 9.09. The van der Waals surface area contributed by atoms with E-state index in [4.69, 9.17) is 15.3 Å². The SMILES string of the molecule is CCCCCC.CCCOC(N)=S.NC(=O)S. The number of hydrogen-bond acceptors (Lipinski definition) is 3. The van der Waals surface area contributed by atoms with Gasteiger partial charge in [-0.05, 0) is 18.6 Å². The van der Waals surface area contributed by atoms with Crippen LogP contribution in [0.2, 0.25) is 0 Å². The van der Waals surface area contributed by atoms with Crippen molar-refractivity contribution in [1.29, 1.82) is 0 Å². The first-order chi connectivity index (χ1) is 7.92. The van der Waals surface area contributed by atoms with E-state index < -0.39 is 5.24 Å². The standard InChI is InChI=1S/C6H14.C4H9NOS.CH3NOS/c1-3-5-6-4-2;1-2-3-6-4(5)7;2-1(3)4/h3-6H2,1-2H3;2-3H2,1H3,(H2,5,7);(H3,2,3,4). The van der Waals surface area contributed by atoms with E-state index in [9.17, 15) is 0 Å². The van der Waals surface area contributed by atoms with Crippen LogP contribution in [0.15, 0.2) is 0 Å². The molecule has 0 aromatic carbocycles. The molecule has 4 nitrogen and oxygen atoms in total. The van der Waals surface area contributed by atoms with Gasteiger partial charge in [-0.3, -0.25) is 4.79 Å². The number of ether oxygens (including phenoxy) is 1. The van der Waals surface area contributed by atoms with Gasteiger partial charge < -0.3 is 16.2 Å². The Hall–Kier alpha value is -0.490. The number of unbranched alkanes of at least 4 members (excludes halogenated alkanes) is 3. The summed E-state index contributed by atoms with van der Waals surface area (Å²) in [6.45, 7) is 7.10. The second-order valence-electron chi connectivity index (χ2n) is 3.21. The molecule has 4 N–H and O–H groups in total. The Morgan fingerprint density at radius 2 is 1.47 bits per heavy atom. The van der Waals surface area contributed by atoms with Crippen molar-refractivity contribution in [3.63, 3.8) is 0 Å². The van der Waals surface area contributed by atoms with Crippen LogP contribution in [-0.2, 0) is 4.74 Å². The van der Waals surface area contributed by atoms with Gasteiger partial charge >= 0.3 is 0 Å². The maximum Gasteiger partial charge on any atom is 0.273 e. The van der Waals surface area contributed by atoms with E-state index in [0.717, 1.165) is 6.42 Å². The average Bonchev–Trinajstić information content (AvgIpc) is 2.23. The molecule has 0 aromatic rings. The summed E-state index contributed by atoms with van der Waals surface area (Å²) in [6, 6.07) is 0. The summed E-state index contributed by atoms with van der Waals surface area (Å²) in [5, 5.41) is -0.498. The fourth-order valence-electron chi connectivity index (χ4n) is 0.703. The molecule has 0 aromatic heterocycles. The molecule has 0 aliphatic rings. The molecule has 104 valence electrons. The largest absolute Gasteiger partial charge is 0.471 e. The predicted molar refractivity (Wildman–Crippen MR) is 81.4 cm³/mol. The van der Waals surface area contributed by atoms with Crippen molar-refractivity contribution in [2.24, 2.45) is 11.5 Å². The molecule has 6 heteroatoms. The summed E-state index contributed by atoms with van der Waals surface area (Å²) < 4.78 is 4.70. The van der Waals surface area contributed by atoms with E-state index in [-0.39, 0.29) is 5.17 Å². The Kier molecular flexibility index (Phi) is 26.7. The number of primary amides is 1. The third kappa shape index (κ3) is 66.8. The number of hydrogen-bond donors (Lipinski definition) is 3. The molecule has 0 aliphatic heterocycles. The van der Waals surface area contributed by atoms with Gasteiger partial charge in [-0.1, -0.05) is 59.1 Å². The molecule has 0 unspecified atom stereocenters. The quantitative estimate of drug-likeness (QED) is 0.411. The zero-order valence-corrected chi connectivity index (χ0v) is 12.8. The van der Waals surface area contributed by atoms with Crippen LogP contribution in [0, 0.1) is 0 Å². The molecule has 0 fully saturated rings. The van der Waals surface area contributed by atoms with Crippen molar-refractivity contribution in [1.82, 2.24) is 0 Å². The molecule has 0 spiro atoms. The van der Waals surface area contributed by atoms with E-state index in [1.165, 1.54) is 25.7 Å². The molecule has 0 radical (unpaired) electrons. The number of rotatable bonds is 5. The van der Waals surface area contributed by atoms with Crippen molar-refractivity contribution in [3.8, 4) is 0 Å². The minimum Gasteiger partial charge on any atom is -0.471 e. The summed E-state index contributed by atoms with van der Waals surface area (Å²) in [5.74, 6) is 0. The van der Waals surface area contributed by atoms with Crippen molar-refractivity contribution in [3.05, 3.63) is 0 Å². The van der Waals surface area contributed by atoms with E-state index in [1.54, 1.807) is 0 Å². The predicted octanol–water partition coefficient (Wildman–Crippen LogP) is 3.24. The molecule has 0 saturated heterocycles. The maximum absolute atomic E-state index is 9.09. The minimum absolute atomic E-state index is 0.141. The zero-order valence-electron chi connectivity index (χ0n) is 11.1. The molecule has 0 saturated carbocycles. The minimum atomic E-state index is -0.639. The van der Waals surface area contributed by atoms with Crippen LogP contribution in [0.5, 0.6) is 0 Å². The Morgan fingerprint density at radius 1 is 1.12 bits per heavy atom. The van der Waals surface area contributed by atoms with Crippen molar-refractivity contribution in [2.75, 3.05) is 6.61 Å². The van der Waals surface area contributed by atoms with Gasteiger partial charge in [-0.2, -0.15) is 0 Å². The molecule has 1 amide bonds. The monoisotopic (exact) mass is 282 g/mol. The summed E-state index contributed by atoms with van der Waals surface area (Å²) in [7, 11) is 0. The Bertz CT molecular complexity index is 171. The first-order valence-electron chi connectivity index (χ1n) is 5.82. The second kappa shape index (κ2) is 20.9. The normalized spacial score (nSPS) is 8.00. The number of thiocarbonyl (C=S) groups is 1. The van der Waals surface area contributed by atoms with Crippen molar-refractivity contribution >= 4 is 35.3 Å². The van der Waals surface area contributed by atoms with Gasteiger partial charge in [0.05, 0.1) is 6.61 Å². The van der Waals surface area contributed by atoms with Crippen LogP contribution in [0.1, 0.15) is 52.9 Å². The number of nitrogens with two attached hydrogens (primary N) is 2. The first-order valence-corrected chi connectivity index (χ1v) is 6.68. The van der Waals surface area contributed by atoms with Gasteiger partial charge in [-0.15, -0.1) is 0 Å². The Morgan fingerprint density at radius 3 is 1.59 bits per heavy atom. The highest BCUT2D eigenvalue weighted by molar-refractivity contribution is 7.96. The third-order valence-electron chi connectivity index (χ3n) is 1.41. The molecule has 0 atom stereocenters. The highest BCUT2D eigenvalue weighted by atomic mass is 32.1. The van der Waals surface area contributed by atoms with Gasteiger partial charge in [0.2, 0.25) is 0 Å². The number of thiol groups is 1. The van der Waals surface area contributed by atoms with Crippen LogP contribution in [-0.4, -0.2) is 17.0 Å². The average molecular weight is 282 g/mol. The van der Waals surface area contributed by atoms with Gasteiger partial charge in [0.25, 0.3) is 10.4 Å². The Labute approximate surface area is 116 Å². The number of carbonyl (C=O) groups is 1. The third-order valence-corrected chi connectivity index (χ3v) is 1.52. The molecule has 0 aliphatic carbocycles. The van der Waals surface area contributed by atoms with E-state index >= 15 is 0 Å². The fourth-order valence-corrected chi connectivity index (χ4v) is 0.786. The lowest BCUT2D eigenvalue weighted by atomic mass is 10.2. The van der Waals surface area contributed by atoms with E-state index in [1.807, 2.05) is 6.92 Å². The van der Waals surface area contributed by atoms with Gasteiger partial charge in [-0.25, -0.2) is 0 Å². The van der Waals surface area contributed by atoms with Crippen LogP contribution >= 0.6 is 24.8 Å². The van der Waals surface area contributed by atoms with E-state index in [2.05, 4.69) is 44.4 Å². The van der Waals surface area contributed by atoms with Crippen LogP contribution in [0.25, 0.3) is 0 Å². The first kappa shape index (κ1) is 21.8. The fraction of sp³-hybridized carbons (Fsp3) is 0.818. The summed E-state index contributed by atoms with van der Waals surface area (Å²) in [4.78, 5) is 9.09. The molecular weight excluding hydrogens is 256 g/mol. The lowest BCUT2D eigenvalue weighted by Gasteiger charge is -1.96. The topological polar surface area (TPSA) is 78.3 Å². The summed E-state index contributed by atoms with van der Waals surface area (Å²) in [6.07, 6.45) is 6.49. The zero-order chi connectivity index (χ0) is 14.1. The van der Waals surface area contributed by atoms with Gasteiger partial charge in [0.15, 0.2) is 0 Å². The number of carbonyl (C=O) groups excluding carboxylic acids is 1. The highest BCUT2D eigenvalue weighted by Crippen LogP contribution is 1.95. The van der Waals surface area contributed by atoms with Crippen LogP contribution in [0.3, 0.4) is 0 Å².